The van der Waals surface area contributed by atoms with E-state index in [1.165, 1.54) is 24.3 Å². The number of amides is 1. The molecule has 0 unspecified atom stereocenters. The quantitative estimate of drug-likeness (QED) is 0.425. The van der Waals surface area contributed by atoms with Gasteiger partial charge >= 0.3 is 5.97 Å². The lowest BCUT2D eigenvalue weighted by atomic mass is 10.1. The standard InChI is InChI=1S/C24H25FN2O6S/c1-15-17(13-23(29)26-21(10-11-28)24(30)31)12-22(27(15)19-5-3-4-18(25)14-19)16-6-8-20(9-7-16)34(2,32)33/h3-9,12,14,21,28H,10-11,13H2,1-2H3,(H,26,29)(H,30,31)/t21-/m1/s1. The third-order valence-corrected chi connectivity index (χ3v) is 6.53. The number of carboxylic acids is 1. The molecule has 0 saturated heterocycles. The third-order valence-electron chi connectivity index (χ3n) is 5.40. The summed E-state index contributed by atoms with van der Waals surface area (Å²) in [7, 11) is -3.39. The van der Waals surface area contributed by atoms with Gasteiger partial charge in [0.15, 0.2) is 9.84 Å². The van der Waals surface area contributed by atoms with E-state index in [0.29, 0.717) is 28.2 Å². The van der Waals surface area contributed by atoms with Crippen LogP contribution < -0.4 is 5.32 Å². The van der Waals surface area contributed by atoms with E-state index in [1.807, 2.05) is 0 Å². The number of nitrogens with one attached hydrogen (secondary N) is 1. The summed E-state index contributed by atoms with van der Waals surface area (Å²) in [6, 6.07) is 12.6. The lowest BCUT2D eigenvalue weighted by Crippen LogP contribution is -2.42. The van der Waals surface area contributed by atoms with Crippen LogP contribution in [0.1, 0.15) is 17.7 Å². The Morgan fingerprint density at radius 2 is 1.79 bits per heavy atom. The van der Waals surface area contributed by atoms with Gasteiger partial charge in [-0.15, -0.1) is 0 Å². The van der Waals surface area contributed by atoms with Gasteiger partial charge in [0.05, 0.1) is 17.0 Å². The summed E-state index contributed by atoms with van der Waals surface area (Å²) in [6.07, 6.45) is 0.847. The zero-order chi connectivity index (χ0) is 25.0. The number of aliphatic hydroxyl groups excluding tert-OH is 1. The lowest BCUT2D eigenvalue weighted by Gasteiger charge is -2.14. The van der Waals surface area contributed by atoms with Crippen LogP contribution in [0.3, 0.4) is 0 Å². The van der Waals surface area contributed by atoms with Crippen molar-refractivity contribution in [1.29, 1.82) is 0 Å². The van der Waals surface area contributed by atoms with E-state index in [0.717, 1.165) is 6.26 Å². The maximum Gasteiger partial charge on any atom is 0.326 e. The van der Waals surface area contributed by atoms with Crippen LogP contribution >= 0.6 is 0 Å². The maximum absolute atomic E-state index is 14.0. The lowest BCUT2D eigenvalue weighted by molar-refractivity contribution is -0.142. The summed E-state index contributed by atoms with van der Waals surface area (Å²) < 4.78 is 39.4. The van der Waals surface area contributed by atoms with Gasteiger partial charge in [-0.1, -0.05) is 18.2 Å². The maximum atomic E-state index is 14.0. The summed E-state index contributed by atoms with van der Waals surface area (Å²) in [5.74, 6) is -2.24. The van der Waals surface area contributed by atoms with Crippen molar-refractivity contribution in [3.05, 3.63) is 71.7 Å². The van der Waals surface area contributed by atoms with Gasteiger partial charge < -0.3 is 20.1 Å². The number of hydrogen-bond donors (Lipinski definition) is 3. The molecule has 0 aliphatic heterocycles. The fraction of sp³-hybridized carbons (Fsp3) is 0.250. The number of nitrogens with zero attached hydrogens (tertiary/aromatic N) is 1. The largest absolute Gasteiger partial charge is 0.480 e. The van der Waals surface area contributed by atoms with Gasteiger partial charge in [0.2, 0.25) is 5.91 Å². The van der Waals surface area contributed by atoms with E-state index in [1.54, 1.807) is 41.8 Å². The Balaban J connectivity index is 2.04. The van der Waals surface area contributed by atoms with Crippen molar-refractivity contribution in [1.82, 2.24) is 9.88 Å². The van der Waals surface area contributed by atoms with E-state index < -0.39 is 33.6 Å². The molecule has 0 aliphatic carbocycles. The van der Waals surface area contributed by atoms with Crippen LogP contribution in [0.25, 0.3) is 16.9 Å². The van der Waals surface area contributed by atoms with E-state index in [4.69, 9.17) is 5.11 Å². The molecule has 1 heterocycles. The third kappa shape index (κ3) is 5.70. The number of aliphatic hydroxyl groups is 1. The van der Waals surface area contributed by atoms with Gasteiger partial charge in [-0.3, -0.25) is 4.79 Å². The fourth-order valence-corrected chi connectivity index (χ4v) is 4.31. The number of aromatic nitrogens is 1. The minimum Gasteiger partial charge on any atom is -0.480 e. The van der Waals surface area contributed by atoms with Crippen LogP contribution in [0, 0.1) is 12.7 Å². The predicted octanol–water partition coefficient (Wildman–Crippen LogP) is 2.49. The number of benzene rings is 2. The Kier molecular flexibility index (Phi) is 7.53. The van der Waals surface area contributed by atoms with Crippen molar-refractivity contribution < 1.29 is 32.6 Å². The first-order valence-electron chi connectivity index (χ1n) is 10.4. The van der Waals surface area contributed by atoms with Crippen LogP contribution in [-0.2, 0) is 25.8 Å². The molecule has 180 valence electrons. The summed E-state index contributed by atoms with van der Waals surface area (Å²) in [5.41, 5.74) is 2.98. The number of halogens is 1. The normalized spacial score (nSPS) is 12.4. The Morgan fingerprint density at radius 1 is 1.12 bits per heavy atom. The molecule has 1 aromatic heterocycles. The molecule has 8 nitrogen and oxygen atoms in total. The van der Waals surface area contributed by atoms with Crippen molar-refractivity contribution in [3.63, 3.8) is 0 Å². The van der Waals surface area contributed by atoms with Crippen molar-refractivity contribution in [2.45, 2.75) is 30.7 Å². The Bertz CT molecular complexity index is 1320. The Hall–Kier alpha value is -3.50. The number of rotatable bonds is 9. The van der Waals surface area contributed by atoms with Gasteiger partial charge in [0, 0.05) is 30.7 Å². The molecule has 0 aliphatic rings. The number of carbonyl (C=O) groups excluding carboxylic acids is 1. The molecule has 2 aromatic carbocycles. The smallest absolute Gasteiger partial charge is 0.326 e. The SMILES string of the molecule is Cc1c(CC(=O)N[C@H](CCO)C(=O)O)cc(-c2ccc(S(C)(=O)=O)cc2)n1-c1cccc(F)c1. The van der Waals surface area contributed by atoms with Gasteiger partial charge in [-0.2, -0.15) is 0 Å². The van der Waals surface area contributed by atoms with Gasteiger partial charge in [0.25, 0.3) is 0 Å². The molecule has 0 spiro atoms. The second-order valence-electron chi connectivity index (χ2n) is 7.90. The van der Waals surface area contributed by atoms with Crippen molar-refractivity contribution in [2.75, 3.05) is 12.9 Å². The summed E-state index contributed by atoms with van der Waals surface area (Å²) in [6.45, 7) is 1.37. The molecule has 1 amide bonds. The summed E-state index contributed by atoms with van der Waals surface area (Å²) >= 11 is 0. The van der Waals surface area contributed by atoms with Gasteiger partial charge in [0.1, 0.15) is 11.9 Å². The highest BCUT2D eigenvalue weighted by Gasteiger charge is 2.22. The van der Waals surface area contributed by atoms with E-state index in [-0.39, 0.29) is 24.3 Å². The molecule has 3 rings (SSSR count). The van der Waals surface area contributed by atoms with Gasteiger partial charge in [-0.25, -0.2) is 17.6 Å². The second-order valence-corrected chi connectivity index (χ2v) is 9.92. The van der Waals surface area contributed by atoms with E-state index in [2.05, 4.69) is 5.32 Å². The topological polar surface area (TPSA) is 126 Å². The van der Waals surface area contributed by atoms with Crippen LogP contribution in [0.5, 0.6) is 0 Å². The zero-order valence-corrected chi connectivity index (χ0v) is 19.5. The van der Waals surface area contributed by atoms with Crippen LogP contribution in [0.2, 0.25) is 0 Å². The number of aliphatic carboxylic acids is 1. The predicted molar refractivity (Wildman–Crippen MR) is 124 cm³/mol. The molecule has 1 atom stereocenters. The van der Waals surface area contributed by atoms with E-state index >= 15 is 0 Å². The highest BCUT2D eigenvalue weighted by Crippen LogP contribution is 2.31. The molecule has 3 N–H and O–H groups in total. The minimum atomic E-state index is -3.39. The Morgan fingerprint density at radius 3 is 2.35 bits per heavy atom. The molecule has 0 saturated carbocycles. The molecule has 34 heavy (non-hydrogen) atoms. The van der Waals surface area contributed by atoms with E-state index in [9.17, 15) is 27.5 Å². The Labute approximate surface area is 196 Å². The first-order valence-corrected chi connectivity index (χ1v) is 12.3. The number of carbonyl (C=O) groups is 2. The monoisotopic (exact) mass is 488 g/mol. The highest BCUT2D eigenvalue weighted by molar-refractivity contribution is 7.90. The molecule has 0 radical (unpaired) electrons. The van der Waals surface area contributed by atoms with Gasteiger partial charge in [-0.05, 0) is 54.4 Å². The number of hydrogen-bond acceptors (Lipinski definition) is 5. The van der Waals surface area contributed by atoms with Crippen LogP contribution in [0.4, 0.5) is 4.39 Å². The molecule has 0 fully saturated rings. The van der Waals surface area contributed by atoms with Crippen molar-refractivity contribution >= 4 is 21.7 Å². The highest BCUT2D eigenvalue weighted by atomic mass is 32.2. The number of carboxylic acid groups (broad SMARTS) is 1. The molecular formula is C24H25FN2O6S. The minimum absolute atomic E-state index is 0.123. The molecule has 3 aromatic rings. The van der Waals surface area contributed by atoms with Crippen molar-refractivity contribution in [2.24, 2.45) is 0 Å². The average Bonchev–Trinajstić information content (AvgIpc) is 3.08. The first kappa shape index (κ1) is 25.1. The molecular weight excluding hydrogens is 463 g/mol. The molecule has 10 heteroatoms. The number of sulfone groups is 1. The van der Waals surface area contributed by atoms with Crippen molar-refractivity contribution in [3.8, 4) is 16.9 Å². The fourth-order valence-electron chi connectivity index (χ4n) is 3.68. The molecule has 0 bridgehead atoms. The van der Waals surface area contributed by atoms with Crippen LogP contribution in [0.15, 0.2) is 59.5 Å². The first-order chi connectivity index (χ1) is 16.0. The summed E-state index contributed by atoms with van der Waals surface area (Å²) in [5, 5.41) is 20.6. The summed E-state index contributed by atoms with van der Waals surface area (Å²) in [4.78, 5) is 24.0. The van der Waals surface area contributed by atoms with Crippen LogP contribution in [-0.4, -0.2) is 54.0 Å². The zero-order valence-electron chi connectivity index (χ0n) is 18.7. The average molecular weight is 489 g/mol. The second kappa shape index (κ2) is 10.2.